The van der Waals surface area contributed by atoms with E-state index < -0.39 is 11.9 Å². The van der Waals surface area contributed by atoms with Crippen molar-refractivity contribution in [3.05, 3.63) is 23.9 Å². The number of aliphatic carboxylic acids is 1. The van der Waals surface area contributed by atoms with E-state index in [1.54, 1.807) is 6.07 Å². The van der Waals surface area contributed by atoms with Crippen LogP contribution >= 0.6 is 0 Å². The van der Waals surface area contributed by atoms with Crippen molar-refractivity contribution in [1.82, 2.24) is 4.98 Å². The summed E-state index contributed by atoms with van der Waals surface area (Å²) in [6, 6.07) is 3.06. The first-order valence-corrected chi connectivity index (χ1v) is 5.03. The molecule has 0 aliphatic rings. The Morgan fingerprint density at radius 3 is 2.89 bits per heavy atom. The third-order valence-corrected chi connectivity index (χ3v) is 2.10. The molecule has 18 heavy (non-hydrogen) atoms. The first kappa shape index (κ1) is 13.5. The average molecular weight is 248 g/mol. The summed E-state index contributed by atoms with van der Waals surface area (Å²) in [5.41, 5.74) is 0.177. The molecule has 1 aromatic rings. The van der Waals surface area contributed by atoms with Crippen LogP contribution in [-0.2, 0) is 9.53 Å². The normalized spacial score (nSPS) is 9.33. The van der Waals surface area contributed by atoms with Gasteiger partial charge in [-0.1, -0.05) is 5.92 Å². The number of carbonyl (C=O) groups is 2. The van der Waals surface area contributed by atoms with E-state index in [2.05, 4.69) is 15.6 Å². The third kappa shape index (κ3) is 3.22. The number of aromatic nitrogens is 1. The SMILES string of the molecule is C#CCN(CC(=O)O)c1ncccc1C(=O)OC. The van der Waals surface area contributed by atoms with Crippen molar-refractivity contribution in [3.63, 3.8) is 0 Å². The summed E-state index contributed by atoms with van der Waals surface area (Å²) in [6.07, 6.45) is 6.62. The maximum atomic E-state index is 11.5. The van der Waals surface area contributed by atoms with Gasteiger partial charge in [-0.3, -0.25) is 4.79 Å². The molecule has 0 fully saturated rings. The highest BCUT2D eigenvalue weighted by atomic mass is 16.5. The van der Waals surface area contributed by atoms with E-state index in [4.69, 9.17) is 11.5 Å². The maximum Gasteiger partial charge on any atom is 0.341 e. The summed E-state index contributed by atoms with van der Waals surface area (Å²) < 4.78 is 4.61. The van der Waals surface area contributed by atoms with Gasteiger partial charge in [-0.05, 0) is 12.1 Å². The molecule has 0 spiro atoms. The van der Waals surface area contributed by atoms with Crippen molar-refractivity contribution >= 4 is 17.8 Å². The number of hydrogen-bond acceptors (Lipinski definition) is 5. The first-order valence-electron chi connectivity index (χ1n) is 5.03. The Kier molecular flexibility index (Phi) is 4.69. The molecule has 1 rings (SSSR count). The number of ether oxygens (including phenoxy) is 1. The average Bonchev–Trinajstić information content (AvgIpc) is 2.37. The second-order valence-corrected chi connectivity index (χ2v) is 3.32. The Labute approximate surface area is 104 Å². The van der Waals surface area contributed by atoms with Crippen molar-refractivity contribution in [2.75, 3.05) is 25.1 Å². The zero-order chi connectivity index (χ0) is 13.5. The number of hydrogen-bond donors (Lipinski definition) is 1. The van der Waals surface area contributed by atoms with Crippen molar-refractivity contribution in [1.29, 1.82) is 0 Å². The van der Waals surface area contributed by atoms with Gasteiger partial charge < -0.3 is 14.7 Å². The number of esters is 1. The quantitative estimate of drug-likeness (QED) is 0.600. The summed E-state index contributed by atoms with van der Waals surface area (Å²) >= 11 is 0. The van der Waals surface area contributed by atoms with E-state index in [1.165, 1.54) is 24.3 Å². The Bertz CT molecular complexity index is 493. The van der Waals surface area contributed by atoms with Gasteiger partial charge in [-0.15, -0.1) is 6.42 Å². The number of anilines is 1. The summed E-state index contributed by atoms with van der Waals surface area (Å²) in [4.78, 5) is 27.6. The lowest BCUT2D eigenvalue weighted by Crippen LogP contribution is -2.32. The lowest BCUT2D eigenvalue weighted by molar-refractivity contribution is -0.135. The van der Waals surface area contributed by atoms with Gasteiger partial charge in [0.1, 0.15) is 17.9 Å². The molecule has 0 saturated carbocycles. The van der Waals surface area contributed by atoms with Crippen LogP contribution < -0.4 is 4.90 Å². The zero-order valence-corrected chi connectivity index (χ0v) is 9.79. The monoisotopic (exact) mass is 248 g/mol. The fourth-order valence-corrected chi connectivity index (χ4v) is 1.40. The number of methoxy groups -OCH3 is 1. The number of carboxylic acid groups (broad SMARTS) is 1. The standard InChI is InChI=1S/C12H12N2O4/c1-3-7-14(8-10(15)16)11-9(12(17)18-2)5-4-6-13-11/h1,4-6H,7-8H2,2H3,(H,15,16). The van der Waals surface area contributed by atoms with Crippen LogP contribution in [0.2, 0.25) is 0 Å². The second-order valence-electron chi connectivity index (χ2n) is 3.32. The highest BCUT2D eigenvalue weighted by Crippen LogP contribution is 2.17. The fraction of sp³-hybridized carbons (Fsp3) is 0.250. The molecule has 0 aliphatic heterocycles. The first-order chi connectivity index (χ1) is 8.60. The second kappa shape index (κ2) is 6.25. The Balaban J connectivity index is 3.15. The van der Waals surface area contributed by atoms with Crippen molar-refractivity contribution in [2.24, 2.45) is 0 Å². The molecular weight excluding hydrogens is 236 g/mol. The van der Waals surface area contributed by atoms with Crippen LogP contribution in [0, 0.1) is 12.3 Å². The van der Waals surface area contributed by atoms with Crippen molar-refractivity contribution in [3.8, 4) is 12.3 Å². The van der Waals surface area contributed by atoms with E-state index in [0.29, 0.717) is 0 Å². The molecule has 0 saturated heterocycles. The lowest BCUT2D eigenvalue weighted by atomic mass is 10.2. The Hall–Kier alpha value is -2.55. The summed E-state index contributed by atoms with van der Waals surface area (Å²) in [7, 11) is 1.24. The highest BCUT2D eigenvalue weighted by Gasteiger charge is 2.19. The molecule has 0 aliphatic carbocycles. The number of carboxylic acids is 1. The molecule has 0 unspecified atom stereocenters. The van der Waals surface area contributed by atoms with Crippen LogP contribution in [0.25, 0.3) is 0 Å². The minimum atomic E-state index is -1.06. The van der Waals surface area contributed by atoms with Crippen molar-refractivity contribution in [2.45, 2.75) is 0 Å². The van der Waals surface area contributed by atoms with Gasteiger partial charge >= 0.3 is 11.9 Å². The number of terminal acetylenes is 1. The van der Waals surface area contributed by atoms with E-state index in [0.717, 1.165) is 0 Å². The predicted molar refractivity (Wildman–Crippen MR) is 64.3 cm³/mol. The van der Waals surface area contributed by atoms with Crippen molar-refractivity contribution < 1.29 is 19.4 Å². The van der Waals surface area contributed by atoms with Gasteiger partial charge in [0.05, 0.1) is 13.7 Å². The molecule has 0 bridgehead atoms. The minimum Gasteiger partial charge on any atom is -0.480 e. The molecule has 0 radical (unpaired) electrons. The highest BCUT2D eigenvalue weighted by molar-refractivity contribution is 5.95. The van der Waals surface area contributed by atoms with Gasteiger partial charge in [0.25, 0.3) is 0 Å². The minimum absolute atomic E-state index is 0.0350. The summed E-state index contributed by atoms with van der Waals surface area (Å²) in [5.74, 6) is 0.870. The molecular formula is C12H12N2O4. The molecule has 1 aromatic heterocycles. The summed E-state index contributed by atoms with van der Waals surface area (Å²) in [5, 5.41) is 8.80. The smallest absolute Gasteiger partial charge is 0.341 e. The Morgan fingerprint density at radius 2 is 2.33 bits per heavy atom. The molecule has 1 N–H and O–H groups in total. The molecule has 94 valence electrons. The van der Waals surface area contributed by atoms with E-state index in [-0.39, 0.29) is 24.5 Å². The summed E-state index contributed by atoms with van der Waals surface area (Å²) in [6.45, 7) is -0.307. The fourth-order valence-electron chi connectivity index (χ4n) is 1.40. The van der Waals surface area contributed by atoms with E-state index in [9.17, 15) is 9.59 Å². The van der Waals surface area contributed by atoms with Gasteiger partial charge in [0.15, 0.2) is 0 Å². The Morgan fingerprint density at radius 1 is 1.61 bits per heavy atom. The van der Waals surface area contributed by atoms with Gasteiger partial charge in [-0.25, -0.2) is 9.78 Å². The maximum absolute atomic E-state index is 11.5. The van der Waals surface area contributed by atoms with E-state index in [1.807, 2.05) is 0 Å². The number of carbonyl (C=O) groups excluding carboxylic acids is 1. The van der Waals surface area contributed by atoms with Crippen LogP contribution in [0.3, 0.4) is 0 Å². The zero-order valence-electron chi connectivity index (χ0n) is 9.79. The molecule has 6 heteroatoms. The molecule has 0 amide bonds. The molecule has 0 atom stereocenters. The van der Waals surface area contributed by atoms with Crippen LogP contribution in [0.5, 0.6) is 0 Å². The molecule has 6 nitrogen and oxygen atoms in total. The van der Waals surface area contributed by atoms with Crippen LogP contribution in [0.1, 0.15) is 10.4 Å². The van der Waals surface area contributed by atoms with Crippen LogP contribution in [-0.4, -0.2) is 42.2 Å². The van der Waals surface area contributed by atoms with E-state index >= 15 is 0 Å². The third-order valence-electron chi connectivity index (χ3n) is 2.10. The lowest BCUT2D eigenvalue weighted by Gasteiger charge is -2.20. The van der Waals surface area contributed by atoms with Gasteiger partial charge in [-0.2, -0.15) is 0 Å². The largest absolute Gasteiger partial charge is 0.480 e. The number of nitrogens with zero attached hydrogens (tertiary/aromatic N) is 2. The van der Waals surface area contributed by atoms with Gasteiger partial charge in [0.2, 0.25) is 0 Å². The van der Waals surface area contributed by atoms with Gasteiger partial charge in [0, 0.05) is 6.20 Å². The van der Waals surface area contributed by atoms with Crippen LogP contribution in [0.15, 0.2) is 18.3 Å². The van der Waals surface area contributed by atoms with Crippen LogP contribution in [0.4, 0.5) is 5.82 Å². The molecule has 1 heterocycles. The predicted octanol–water partition coefficient (Wildman–Crippen LogP) is 0.392. The topological polar surface area (TPSA) is 79.7 Å². The molecule has 0 aromatic carbocycles. The number of rotatable bonds is 5. The number of pyridine rings is 1.